The molecule has 1 aliphatic heterocycles. The van der Waals surface area contributed by atoms with Crippen LogP contribution in [0.3, 0.4) is 0 Å². The van der Waals surface area contributed by atoms with Gasteiger partial charge in [-0.3, -0.25) is 4.99 Å². The van der Waals surface area contributed by atoms with Gasteiger partial charge in [-0.05, 0) is 37.8 Å². The van der Waals surface area contributed by atoms with Gasteiger partial charge < -0.3 is 20.4 Å². The minimum atomic E-state index is 0. The molecule has 2 aromatic rings. The van der Waals surface area contributed by atoms with Gasteiger partial charge in [-0.2, -0.15) is 0 Å². The Hall–Kier alpha value is -1.28. The molecule has 2 heterocycles. The van der Waals surface area contributed by atoms with Gasteiger partial charge >= 0.3 is 0 Å². The molecule has 1 aromatic carbocycles. The van der Waals surface area contributed by atoms with Crippen molar-refractivity contribution in [3.8, 4) is 0 Å². The first-order valence-corrected chi connectivity index (χ1v) is 10.3. The Balaban J connectivity index is 0.00000225. The van der Waals surface area contributed by atoms with Crippen molar-refractivity contribution in [1.29, 1.82) is 0 Å². The summed E-state index contributed by atoms with van der Waals surface area (Å²) in [5.74, 6) is 1.53. The van der Waals surface area contributed by atoms with E-state index in [-0.39, 0.29) is 29.4 Å². The van der Waals surface area contributed by atoms with Crippen LogP contribution < -0.4 is 10.6 Å². The third kappa shape index (κ3) is 4.03. The average Bonchev–Trinajstić information content (AvgIpc) is 3.09. The van der Waals surface area contributed by atoms with Gasteiger partial charge in [-0.1, -0.05) is 32.0 Å². The molecule has 2 fully saturated rings. The van der Waals surface area contributed by atoms with E-state index >= 15 is 0 Å². The maximum Gasteiger partial charge on any atom is 0.191 e. The summed E-state index contributed by atoms with van der Waals surface area (Å²) in [7, 11) is 0. The Kier molecular flexibility index (Phi) is 6.91. The lowest BCUT2D eigenvalue weighted by Gasteiger charge is -2.60. The van der Waals surface area contributed by atoms with Crippen LogP contribution in [0.1, 0.15) is 39.2 Å². The Labute approximate surface area is 185 Å². The number of rotatable bonds is 5. The van der Waals surface area contributed by atoms with Crippen molar-refractivity contribution < 1.29 is 4.74 Å². The molecular formula is C22H33IN4O. The maximum atomic E-state index is 6.03. The van der Waals surface area contributed by atoms with E-state index in [0.717, 1.165) is 32.1 Å². The molecule has 3 N–H and O–H groups in total. The summed E-state index contributed by atoms with van der Waals surface area (Å²) in [6.45, 7) is 9.30. The number of aromatic amines is 1. The van der Waals surface area contributed by atoms with Gasteiger partial charge in [0.1, 0.15) is 0 Å². The summed E-state index contributed by atoms with van der Waals surface area (Å²) in [5, 5.41) is 8.43. The number of H-pyrrole nitrogens is 1. The smallest absolute Gasteiger partial charge is 0.191 e. The molecule has 0 amide bonds. The molecule has 1 saturated heterocycles. The molecule has 0 bridgehead atoms. The van der Waals surface area contributed by atoms with Crippen LogP contribution in [-0.2, 0) is 11.2 Å². The van der Waals surface area contributed by atoms with Gasteiger partial charge in [0.25, 0.3) is 0 Å². The fraction of sp³-hybridized carbons (Fsp3) is 0.591. The number of nitrogens with one attached hydrogen (secondary N) is 3. The molecule has 1 aliphatic carbocycles. The number of fused-ring (bicyclic) bond motifs is 2. The van der Waals surface area contributed by atoms with Crippen LogP contribution in [0.2, 0.25) is 0 Å². The monoisotopic (exact) mass is 496 g/mol. The van der Waals surface area contributed by atoms with Gasteiger partial charge in [-0.25, -0.2) is 0 Å². The molecule has 1 aromatic heterocycles. The molecule has 2 aliphatic rings. The molecule has 3 atom stereocenters. The summed E-state index contributed by atoms with van der Waals surface area (Å²) >= 11 is 0. The predicted octanol–water partition coefficient (Wildman–Crippen LogP) is 4.09. The maximum absolute atomic E-state index is 6.03. The molecule has 1 saturated carbocycles. The Morgan fingerprint density at radius 1 is 1.32 bits per heavy atom. The van der Waals surface area contributed by atoms with Gasteiger partial charge in [-0.15, -0.1) is 24.0 Å². The summed E-state index contributed by atoms with van der Waals surface area (Å²) in [4.78, 5) is 8.21. The van der Waals surface area contributed by atoms with E-state index in [2.05, 4.69) is 66.9 Å². The first-order chi connectivity index (χ1) is 13.1. The normalized spacial score (nSPS) is 26.1. The third-order valence-corrected chi connectivity index (χ3v) is 6.29. The highest BCUT2D eigenvalue weighted by molar-refractivity contribution is 14.0. The Morgan fingerprint density at radius 2 is 2.14 bits per heavy atom. The lowest BCUT2D eigenvalue weighted by atomic mass is 9.55. The number of benzene rings is 1. The second-order valence-corrected chi connectivity index (χ2v) is 8.41. The van der Waals surface area contributed by atoms with Crippen molar-refractivity contribution in [2.45, 2.75) is 52.2 Å². The second-order valence-electron chi connectivity index (χ2n) is 8.41. The third-order valence-electron chi connectivity index (χ3n) is 6.29. The van der Waals surface area contributed by atoms with Crippen LogP contribution in [0, 0.1) is 11.3 Å². The van der Waals surface area contributed by atoms with E-state index in [9.17, 15) is 0 Å². The van der Waals surface area contributed by atoms with E-state index in [4.69, 9.17) is 9.73 Å². The SMILES string of the molecule is CCNC(=NCCc1c[nH]c2ccccc12)NC1C2CCCOC2C1(C)C.I. The van der Waals surface area contributed by atoms with Gasteiger partial charge in [0, 0.05) is 54.2 Å². The van der Waals surface area contributed by atoms with Gasteiger partial charge in [0.15, 0.2) is 5.96 Å². The Morgan fingerprint density at radius 3 is 2.96 bits per heavy atom. The van der Waals surface area contributed by atoms with Gasteiger partial charge in [0.2, 0.25) is 0 Å². The number of para-hydroxylation sites is 1. The largest absolute Gasteiger partial charge is 0.377 e. The first-order valence-electron chi connectivity index (χ1n) is 10.3. The van der Waals surface area contributed by atoms with Crippen molar-refractivity contribution in [3.63, 3.8) is 0 Å². The number of guanidine groups is 1. The van der Waals surface area contributed by atoms with E-state index < -0.39 is 0 Å². The lowest BCUT2D eigenvalue weighted by molar-refractivity contribution is -0.188. The topological polar surface area (TPSA) is 61.4 Å². The number of hydrogen-bond acceptors (Lipinski definition) is 2. The molecule has 5 nitrogen and oxygen atoms in total. The second kappa shape index (κ2) is 9.03. The van der Waals surface area contributed by atoms with Crippen molar-refractivity contribution >= 4 is 40.8 Å². The number of ether oxygens (including phenoxy) is 1. The number of aliphatic imine (C=N–C) groups is 1. The standard InChI is InChI=1S/C22H32N4O.HI/c1-4-23-21(26-19-17-9-7-13-27-20(17)22(19,2)3)24-12-11-15-14-25-18-10-6-5-8-16(15)18;/h5-6,8,10,14,17,19-20,25H,4,7,9,11-13H2,1-3H3,(H2,23,24,26);1H. The highest BCUT2D eigenvalue weighted by Gasteiger charge is 2.58. The quantitative estimate of drug-likeness (QED) is 0.332. The summed E-state index contributed by atoms with van der Waals surface area (Å²) in [6, 6.07) is 8.88. The lowest BCUT2D eigenvalue weighted by Crippen LogP contribution is -2.71. The molecule has 3 unspecified atom stereocenters. The molecule has 0 spiro atoms. The van der Waals surface area contributed by atoms with Crippen LogP contribution in [0.25, 0.3) is 10.9 Å². The summed E-state index contributed by atoms with van der Waals surface area (Å²) in [5.41, 5.74) is 2.67. The number of nitrogens with zero attached hydrogens (tertiary/aromatic N) is 1. The molecule has 28 heavy (non-hydrogen) atoms. The van der Waals surface area contributed by atoms with Gasteiger partial charge in [0.05, 0.1) is 6.10 Å². The van der Waals surface area contributed by atoms with Crippen LogP contribution >= 0.6 is 24.0 Å². The average molecular weight is 496 g/mol. The number of aromatic nitrogens is 1. The summed E-state index contributed by atoms with van der Waals surface area (Å²) in [6.07, 6.45) is 5.85. The zero-order chi connectivity index (χ0) is 18.9. The molecule has 0 radical (unpaired) electrons. The number of halogens is 1. The van der Waals surface area contributed by atoms with Crippen molar-refractivity contribution in [2.75, 3.05) is 19.7 Å². The van der Waals surface area contributed by atoms with Crippen LogP contribution in [0.15, 0.2) is 35.5 Å². The van der Waals surface area contributed by atoms with E-state index in [1.807, 2.05) is 0 Å². The minimum Gasteiger partial charge on any atom is -0.377 e. The highest BCUT2D eigenvalue weighted by atomic mass is 127. The minimum absolute atomic E-state index is 0. The fourth-order valence-corrected chi connectivity index (χ4v) is 4.91. The fourth-order valence-electron chi connectivity index (χ4n) is 4.91. The van der Waals surface area contributed by atoms with Crippen molar-refractivity contribution in [1.82, 2.24) is 15.6 Å². The molecular weight excluding hydrogens is 463 g/mol. The zero-order valence-electron chi connectivity index (χ0n) is 17.1. The zero-order valence-corrected chi connectivity index (χ0v) is 19.5. The van der Waals surface area contributed by atoms with E-state index in [1.54, 1.807) is 0 Å². The highest BCUT2D eigenvalue weighted by Crippen LogP contribution is 2.51. The first kappa shape index (κ1) is 21.4. The van der Waals surface area contributed by atoms with Crippen molar-refractivity contribution in [3.05, 3.63) is 36.0 Å². The molecule has 4 rings (SSSR count). The predicted molar refractivity (Wildman–Crippen MR) is 127 cm³/mol. The Bertz CT molecular complexity index is 816. The number of hydrogen-bond donors (Lipinski definition) is 3. The van der Waals surface area contributed by atoms with Crippen LogP contribution in [-0.4, -0.2) is 42.8 Å². The van der Waals surface area contributed by atoms with E-state index in [0.29, 0.717) is 18.1 Å². The van der Waals surface area contributed by atoms with Crippen LogP contribution in [0.5, 0.6) is 0 Å². The van der Waals surface area contributed by atoms with E-state index in [1.165, 1.54) is 29.3 Å². The summed E-state index contributed by atoms with van der Waals surface area (Å²) < 4.78 is 6.03. The van der Waals surface area contributed by atoms with Crippen LogP contribution in [0.4, 0.5) is 0 Å². The molecule has 154 valence electrons. The molecule has 6 heteroatoms. The van der Waals surface area contributed by atoms with Crippen molar-refractivity contribution in [2.24, 2.45) is 16.3 Å².